The van der Waals surface area contributed by atoms with Gasteiger partial charge in [0.25, 0.3) is 0 Å². The van der Waals surface area contributed by atoms with Gasteiger partial charge in [-0.2, -0.15) is 13.2 Å². The van der Waals surface area contributed by atoms with E-state index in [0.717, 1.165) is 12.1 Å². The van der Waals surface area contributed by atoms with Crippen molar-refractivity contribution < 1.29 is 23.4 Å². The van der Waals surface area contributed by atoms with Crippen molar-refractivity contribution in [2.24, 2.45) is 11.5 Å². The maximum absolute atomic E-state index is 12.5. The summed E-state index contributed by atoms with van der Waals surface area (Å²) >= 11 is 0. The number of aliphatic hydroxyl groups excluding tert-OH is 2. The lowest BCUT2D eigenvalue weighted by Gasteiger charge is -2.23. The Morgan fingerprint density at radius 3 is 1.67 bits per heavy atom. The second kappa shape index (κ2) is 7.74. The zero-order chi connectivity index (χ0) is 16.0. The molecule has 0 aliphatic rings. The van der Waals surface area contributed by atoms with Gasteiger partial charge in [-0.15, -0.1) is 0 Å². The van der Waals surface area contributed by atoms with E-state index < -0.39 is 23.8 Å². The summed E-state index contributed by atoms with van der Waals surface area (Å²) in [5.41, 5.74) is 11.3. The summed E-state index contributed by atoms with van der Waals surface area (Å²) < 4.78 is 37.6. The molecule has 0 bridgehead atoms. The summed E-state index contributed by atoms with van der Waals surface area (Å²) in [7, 11) is 0. The number of hydrogen-bond donors (Lipinski definition) is 4. The monoisotopic (exact) mass is 306 g/mol. The number of rotatable bonds is 7. The molecule has 1 aromatic rings. The number of nitrogens with two attached hydrogens (primary N) is 2. The Balaban J connectivity index is 2.91. The number of hydrogen-bond acceptors (Lipinski definition) is 4. The van der Waals surface area contributed by atoms with Gasteiger partial charge in [-0.25, -0.2) is 0 Å². The molecule has 2 unspecified atom stereocenters. The van der Waals surface area contributed by atoms with Crippen molar-refractivity contribution >= 4 is 0 Å². The first kappa shape index (κ1) is 17.9. The molecular weight excluding hydrogens is 285 g/mol. The molecule has 0 aromatic heterocycles. The zero-order valence-corrected chi connectivity index (χ0v) is 11.6. The van der Waals surface area contributed by atoms with Gasteiger partial charge in [0.15, 0.2) is 0 Å². The second-order valence-corrected chi connectivity index (χ2v) is 5.17. The SMILES string of the molecule is NC(CO)CC(CC(N)CO)c1ccc(C(F)(F)F)cc1. The highest BCUT2D eigenvalue weighted by Gasteiger charge is 2.30. The summed E-state index contributed by atoms with van der Waals surface area (Å²) in [5, 5.41) is 18.0. The topological polar surface area (TPSA) is 92.5 Å². The van der Waals surface area contributed by atoms with Gasteiger partial charge in [-0.05, 0) is 36.5 Å². The minimum atomic E-state index is -4.38. The van der Waals surface area contributed by atoms with E-state index in [4.69, 9.17) is 21.7 Å². The average Bonchev–Trinajstić information content (AvgIpc) is 2.45. The van der Waals surface area contributed by atoms with Crippen molar-refractivity contribution in [3.63, 3.8) is 0 Å². The largest absolute Gasteiger partial charge is 0.416 e. The predicted molar refractivity (Wildman–Crippen MR) is 73.5 cm³/mol. The fourth-order valence-electron chi connectivity index (χ4n) is 2.19. The summed E-state index contributed by atoms with van der Waals surface area (Å²) in [6, 6.07) is 3.84. The lowest BCUT2D eigenvalue weighted by atomic mass is 9.87. The number of benzene rings is 1. The molecule has 1 rings (SSSR count). The first-order chi connectivity index (χ1) is 9.77. The van der Waals surface area contributed by atoms with Crippen LogP contribution in [0.5, 0.6) is 0 Å². The molecular formula is C14H21F3N2O2. The Bertz CT molecular complexity index is 411. The fraction of sp³-hybridized carbons (Fsp3) is 0.571. The normalized spacial score (nSPS) is 16.5. The van der Waals surface area contributed by atoms with Crippen molar-refractivity contribution in [1.29, 1.82) is 0 Å². The average molecular weight is 306 g/mol. The van der Waals surface area contributed by atoms with E-state index in [0.29, 0.717) is 18.4 Å². The quantitative estimate of drug-likeness (QED) is 0.609. The van der Waals surface area contributed by atoms with E-state index in [1.54, 1.807) is 0 Å². The molecule has 4 nitrogen and oxygen atoms in total. The molecule has 6 N–H and O–H groups in total. The number of aliphatic hydroxyl groups is 2. The minimum Gasteiger partial charge on any atom is -0.395 e. The molecule has 0 aliphatic heterocycles. The van der Waals surface area contributed by atoms with Crippen LogP contribution < -0.4 is 11.5 Å². The van der Waals surface area contributed by atoms with Crippen LogP contribution >= 0.6 is 0 Å². The summed E-state index contributed by atoms with van der Waals surface area (Å²) in [5.74, 6) is -0.211. The third kappa shape index (κ3) is 5.62. The van der Waals surface area contributed by atoms with Crippen LogP contribution in [0.3, 0.4) is 0 Å². The Morgan fingerprint density at radius 1 is 0.905 bits per heavy atom. The van der Waals surface area contributed by atoms with Gasteiger partial charge in [0.05, 0.1) is 18.8 Å². The van der Waals surface area contributed by atoms with E-state index in [1.165, 1.54) is 12.1 Å². The molecule has 0 fully saturated rings. The van der Waals surface area contributed by atoms with Crippen molar-refractivity contribution in [3.8, 4) is 0 Å². The minimum absolute atomic E-state index is 0.211. The smallest absolute Gasteiger partial charge is 0.395 e. The fourth-order valence-corrected chi connectivity index (χ4v) is 2.19. The summed E-state index contributed by atoms with van der Waals surface area (Å²) in [6.07, 6.45) is -3.61. The van der Waals surface area contributed by atoms with E-state index in [9.17, 15) is 13.2 Å². The Kier molecular flexibility index (Phi) is 6.60. The lowest BCUT2D eigenvalue weighted by Crippen LogP contribution is -2.31. The molecule has 0 aliphatic carbocycles. The molecule has 0 saturated carbocycles. The Labute approximate surface area is 121 Å². The first-order valence-electron chi connectivity index (χ1n) is 6.68. The highest BCUT2D eigenvalue weighted by molar-refractivity contribution is 5.27. The zero-order valence-electron chi connectivity index (χ0n) is 11.6. The first-order valence-corrected chi connectivity index (χ1v) is 6.68. The molecule has 0 amide bonds. The lowest BCUT2D eigenvalue weighted by molar-refractivity contribution is -0.137. The van der Waals surface area contributed by atoms with Crippen LogP contribution in [0.25, 0.3) is 0 Å². The number of halogens is 3. The molecule has 0 radical (unpaired) electrons. The summed E-state index contributed by atoms with van der Waals surface area (Å²) in [4.78, 5) is 0. The third-order valence-corrected chi connectivity index (χ3v) is 3.35. The van der Waals surface area contributed by atoms with Crippen molar-refractivity contribution in [1.82, 2.24) is 0 Å². The van der Waals surface area contributed by atoms with Crippen LogP contribution in [0.2, 0.25) is 0 Å². The van der Waals surface area contributed by atoms with Crippen molar-refractivity contribution in [2.75, 3.05) is 13.2 Å². The molecule has 120 valence electrons. The molecule has 0 spiro atoms. The van der Waals surface area contributed by atoms with E-state index in [2.05, 4.69) is 0 Å². The van der Waals surface area contributed by atoms with Crippen LogP contribution in [-0.4, -0.2) is 35.5 Å². The Morgan fingerprint density at radius 2 is 1.33 bits per heavy atom. The van der Waals surface area contributed by atoms with Gasteiger partial charge in [-0.1, -0.05) is 12.1 Å². The van der Waals surface area contributed by atoms with E-state index >= 15 is 0 Å². The van der Waals surface area contributed by atoms with E-state index in [-0.39, 0.29) is 19.1 Å². The predicted octanol–water partition coefficient (Wildman–Crippen LogP) is 1.21. The van der Waals surface area contributed by atoms with Crippen LogP contribution in [0, 0.1) is 0 Å². The van der Waals surface area contributed by atoms with Crippen molar-refractivity contribution in [3.05, 3.63) is 35.4 Å². The highest BCUT2D eigenvalue weighted by atomic mass is 19.4. The van der Waals surface area contributed by atoms with Gasteiger partial charge in [0.2, 0.25) is 0 Å². The molecule has 0 saturated heterocycles. The number of alkyl halides is 3. The highest BCUT2D eigenvalue weighted by Crippen LogP contribution is 2.32. The second-order valence-electron chi connectivity index (χ2n) is 5.17. The van der Waals surface area contributed by atoms with Gasteiger partial charge < -0.3 is 21.7 Å². The molecule has 0 heterocycles. The molecule has 21 heavy (non-hydrogen) atoms. The molecule has 1 aromatic carbocycles. The van der Waals surface area contributed by atoms with Gasteiger partial charge in [0, 0.05) is 12.1 Å². The summed E-state index contributed by atoms with van der Waals surface area (Å²) in [6.45, 7) is -0.434. The van der Waals surface area contributed by atoms with Crippen LogP contribution in [0.15, 0.2) is 24.3 Å². The van der Waals surface area contributed by atoms with Crippen LogP contribution in [-0.2, 0) is 6.18 Å². The van der Waals surface area contributed by atoms with Crippen molar-refractivity contribution in [2.45, 2.75) is 37.0 Å². The van der Waals surface area contributed by atoms with Crippen LogP contribution in [0.1, 0.15) is 29.9 Å². The van der Waals surface area contributed by atoms with E-state index in [1.807, 2.05) is 0 Å². The Hall–Kier alpha value is -1.15. The van der Waals surface area contributed by atoms with Crippen LogP contribution in [0.4, 0.5) is 13.2 Å². The maximum Gasteiger partial charge on any atom is 0.416 e. The third-order valence-electron chi connectivity index (χ3n) is 3.35. The van der Waals surface area contributed by atoms with Gasteiger partial charge >= 0.3 is 6.18 Å². The van der Waals surface area contributed by atoms with Gasteiger partial charge in [0.1, 0.15) is 0 Å². The van der Waals surface area contributed by atoms with Gasteiger partial charge in [-0.3, -0.25) is 0 Å². The maximum atomic E-state index is 12.5. The molecule has 7 heteroatoms. The standard InChI is InChI=1S/C14H21F3N2O2/c15-14(16,17)11-3-1-9(2-4-11)10(5-12(18)7-20)6-13(19)8-21/h1-4,10,12-13,20-21H,5-8,18-19H2. The molecule has 2 atom stereocenters.